The fourth-order valence-electron chi connectivity index (χ4n) is 0. The Morgan fingerprint density at radius 1 is 1.20 bits per heavy atom. The van der Waals surface area contributed by atoms with E-state index in [9.17, 15) is 0 Å². The van der Waals surface area contributed by atoms with E-state index in [1.807, 2.05) is 0 Å². The first-order valence-electron chi connectivity index (χ1n) is 0.167. The second kappa shape index (κ2) is 28.6. The van der Waals surface area contributed by atoms with Crippen molar-refractivity contribution in [1.82, 2.24) is 0 Å². The molecule has 0 aliphatic carbocycles. The fraction of sp³-hybridized carbons (Fsp3) is 0. The van der Waals surface area contributed by atoms with Crippen molar-refractivity contribution >= 4 is 48.9 Å². The molecule has 0 aliphatic rings. The normalized spacial score (nSPS) is 0.800. The number of hydrogen-bond donors (Lipinski definition) is 0. The summed E-state index contributed by atoms with van der Waals surface area (Å²) in [6.45, 7) is 0. The molecule has 0 bridgehead atoms. The molecule has 0 saturated heterocycles. The summed E-state index contributed by atoms with van der Waals surface area (Å²) in [7, 11) is 0. The monoisotopic (exact) mass is 374 g/mol. The zero-order valence-electron chi connectivity index (χ0n) is 4.40. The van der Waals surface area contributed by atoms with Crippen LogP contribution in [0.15, 0.2) is 0 Å². The first kappa shape index (κ1) is 24.8. The van der Waals surface area contributed by atoms with Crippen LogP contribution >= 0.6 is 0 Å². The Kier molecular flexibility index (Phi) is 142. The van der Waals surface area contributed by atoms with Gasteiger partial charge in [-0.15, -0.1) is 0 Å². The van der Waals surface area contributed by atoms with Crippen molar-refractivity contribution in [2.24, 2.45) is 0 Å². The Balaban J connectivity index is -0.000000000500. The SMILES string of the molecule is O=O.[Ba+2].[Cu].[H-].[H-].[La]. The molecule has 0 amide bonds. The Hall–Kier alpha value is 2.89. The zero-order chi connectivity index (χ0) is 2.00. The molecule has 0 atom stereocenters. The average molecular weight is 374 g/mol. The van der Waals surface area contributed by atoms with Gasteiger partial charge in [-0.25, -0.2) is 0 Å². The van der Waals surface area contributed by atoms with Crippen molar-refractivity contribution < 1.29 is 55.5 Å². The minimum Gasteiger partial charge on any atom is -1.00 e. The average Bonchev–Trinajstić information content (AvgIpc) is 1.00. The molecular formula is H2BaCuLaO2. The summed E-state index contributed by atoms with van der Waals surface area (Å²) < 4.78 is 0. The van der Waals surface area contributed by atoms with Crippen molar-refractivity contribution in [1.29, 1.82) is 0 Å². The van der Waals surface area contributed by atoms with Gasteiger partial charge in [-0.2, -0.15) is 0 Å². The first-order chi connectivity index (χ1) is 1.00. The van der Waals surface area contributed by atoms with Gasteiger partial charge >= 0.3 is 48.9 Å². The third-order valence-corrected chi connectivity index (χ3v) is 0. The molecular weight excluding hydrogens is 372 g/mol. The van der Waals surface area contributed by atoms with Gasteiger partial charge in [0.2, 0.25) is 0 Å². The van der Waals surface area contributed by atoms with Crippen molar-refractivity contribution in [3.05, 3.63) is 9.93 Å². The summed E-state index contributed by atoms with van der Waals surface area (Å²) >= 11 is 0. The van der Waals surface area contributed by atoms with Crippen LogP contribution in [0.3, 0.4) is 0 Å². The fourth-order valence-corrected chi connectivity index (χ4v) is 0. The Bertz CT molecular complexity index is 15.7. The van der Waals surface area contributed by atoms with Crippen LogP contribution in [0.2, 0.25) is 0 Å². The van der Waals surface area contributed by atoms with Crippen molar-refractivity contribution in [3.8, 4) is 0 Å². The molecule has 0 unspecified atom stereocenters. The van der Waals surface area contributed by atoms with Crippen LogP contribution in [-0.4, -0.2) is 48.9 Å². The topological polar surface area (TPSA) is 34.1 Å². The van der Waals surface area contributed by atoms with Crippen LogP contribution in [-0.2, 0) is 17.1 Å². The maximum Gasteiger partial charge on any atom is 2.00 e. The molecule has 0 N–H and O–H groups in total. The molecule has 2 nitrogen and oxygen atoms in total. The van der Waals surface area contributed by atoms with E-state index in [1.165, 1.54) is 0 Å². The maximum atomic E-state index is 7.00. The van der Waals surface area contributed by atoms with Gasteiger partial charge in [0.05, 0.1) is 0 Å². The van der Waals surface area contributed by atoms with Crippen molar-refractivity contribution in [3.63, 3.8) is 0 Å². The van der Waals surface area contributed by atoms with Crippen LogP contribution in [0.1, 0.15) is 2.85 Å². The largest absolute Gasteiger partial charge is 2.00 e. The molecule has 0 aromatic rings. The number of rotatable bonds is 0. The van der Waals surface area contributed by atoms with Crippen LogP contribution in [0.25, 0.3) is 0 Å². The molecule has 30 valence electrons. The van der Waals surface area contributed by atoms with E-state index in [0.717, 1.165) is 0 Å². The molecule has 2 radical (unpaired) electrons. The third kappa shape index (κ3) is 19.7. The predicted molar refractivity (Wildman–Crippen MR) is 14.7 cm³/mol. The van der Waals surface area contributed by atoms with Gasteiger partial charge in [-0.05, 0) is 0 Å². The quantitative estimate of drug-likeness (QED) is 0.556. The van der Waals surface area contributed by atoms with Crippen molar-refractivity contribution in [2.75, 3.05) is 0 Å². The smallest absolute Gasteiger partial charge is 1.00 e. The molecule has 0 fully saturated rings. The summed E-state index contributed by atoms with van der Waals surface area (Å²) in [5.74, 6) is 0. The Labute approximate surface area is 112 Å². The van der Waals surface area contributed by atoms with Crippen LogP contribution in [0, 0.1) is 45.5 Å². The van der Waals surface area contributed by atoms with E-state index in [1.54, 1.807) is 0 Å². The van der Waals surface area contributed by atoms with E-state index in [4.69, 9.17) is 9.93 Å². The zero-order valence-corrected chi connectivity index (χ0v) is 11.4. The summed E-state index contributed by atoms with van der Waals surface area (Å²) in [6, 6.07) is 0. The van der Waals surface area contributed by atoms with Crippen molar-refractivity contribution in [2.45, 2.75) is 0 Å². The van der Waals surface area contributed by atoms with Crippen LogP contribution in [0.5, 0.6) is 0 Å². The summed E-state index contributed by atoms with van der Waals surface area (Å²) in [4.78, 5) is 14.0. The van der Waals surface area contributed by atoms with Gasteiger partial charge in [0.1, 0.15) is 0 Å². The summed E-state index contributed by atoms with van der Waals surface area (Å²) in [5.41, 5.74) is 0. The molecule has 0 spiro atoms. The minimum absolute atomic E-state index is 0. The molecule has 0 aromatic heterocycles. The molecule has 0 heterocycles. The van der Waals surface area contributed by atoms with E-state index < -0.39 is 0 Å². The second-order valence-corrected chi connectivity index (χ2v) is 0. The van der Waals surface area contributed by atoms with Crippen LogP contribution in [0.4, 0.5) is 0 Å². The Morgan fingerprint density at radius 2 is 1.20 bits per heavy atom. The van der Waals surface area contributed by atoms with Gasteiger partial charge < -0.3 is 2.85 Å². The van der Waals surface area contributed by atoms with E-state index in [-0.39, 0.29) is 104 Å². The molecule has 0 rings (SSSR count). The molecule has 5 heavy (non-hydrogen) atoms. The third-order valence-electron chi connectivity index (χ3n) is 0. The molecule has 0 aromatic carbocycles. The van der Waals surface area contributed by atoms with Gasteiger partial charge in [0.15, 0.2) is 0 Å². The molecule has 0 saturated carbocycles. The maximum absolute atomic E-state index is 7.00. The van der Waals surface area contributed by atoms with Gasteiger partial charge in [-0.1, -0.05) is 0 Å². The van der Waals surface area contributed by atoms with Gasteiger partial charge in [0, 0.05) is 62.6 Å². The van der Waals surface area contributed by atoms with Gasteiger partial charge in [-0.3, -0.25) is 0 Å². The van der Waals surface area contributed by atoms with E-state index >= 15 is 0 Å². The summed E-state index contributed by atoms with van der Waals surface area (Å²) in [6.07, 6.45) is 0. The minimum atomic E-state index is 0. The molecule has 0 aliphatic heterocycles. The van der Waals surface area contributed by atoms with E-state index in [0.29, 0.717) is 0 Å². The van der Waals surface area contributed by atoms with E-state index in [2.05, 4.69) is 0 Å². The van der Waals surface area contributed by atoms with Gasteiger partial charge in [0.25, 0.3) is 0 Å². The Morgan fingerprint density at radius 3 is 1.20 bits per heavy atom. The summed E-state index contributed by atoms with van der Waals surface area (Å²) in [5, 5.41) is 0. The van der Waals surface area contributed by atoms with Crippen LogP contribution < -0.4 is 0 Å². The molecule has 5 heteroatoms. The standard InChI is InChI=1S/Ba.Cu.La.O2.2H/c;;;1-2;;/q+2;;;;2*-1. The number of hydrogen-bond acceptors (Lipinski definition) is 2. The first-order valence-corrected chi connectivity index (χ1v) is 0.167. The second-order valence-electron chi connectivity index (χ2n) is 0. The predicted octanol–water partition coefficient (Wildman–Crippen LogP) is -0.0913.